The summed E-state index contributed by atoms with van der Waals surface area (Å²) in [4.78, 5) is 0. The molecule has 3 aliphatic rings. The van der Waals surface area contributed by atoms with Crippen molar-refractivity contribution < 1.29 is 18.3 Å². The summed E-state index contributed by atoms with van der Waals surface area (Å²) >= 11 is 0. The van der Waals surface area contributed by atoms with E-state index in [4.69, 9.17) is 4.74 Å². The highest BCUT2D eigenvalue weighted by Crippen LogP contribution is 2.74. The number of methoxy groups -OCH3 is 1. The average Bonchev–Trinajstić information content (AvgIpc) is 3.71. The fraction of sp³-hybridized carbons (Fsp3) is 0.409. The van der Waals surface area contributed by atoms with Crippen LogP contribution >= 0.6 is 0 Å². The van der Waals surface area contributed by atoms with Gasteiger partial charge in [-0.05, 0) is 84.0 Å². The number of aromatic nitrogens is 2. The first-order valence-electron chi connectivity index (χ1n) is 18.2. The van der Waals surface area contributed by atoms with E-state index >= 15 is 4.39 Å². The quantitative estimate of drug-likeness (QED) is 0.139. The Hall–Kier alpha value is -4.05. The van der Waals surface area contributed by atoms with Gasteiger partial charge in [0.05, 0.1) is 29.0 Å². The third-order valence-corrected chi connectivity index (χ3v) is 12.8. The molecule has 8 rings (SSSR count). The van der Waals surface area contributed by atoms with E-state index < -0.39 is 5.41 Å². The maximum atomic E-state index is 16.4. The van der Waals surface area contributed by atoms with Crippen LogP contribution in [0.15, 0.2) is 79.1 Å². The van der Waals surface area contributed by atoms with Gasteiger partial charge in [-0.2, -0.15) is 4.57 Å². The molecule has 0 spiro atoms. The van der Waals surface area contributed by atoms with Crippen LogP contribution in [-0.2, 0) is 36.3 Å². The number of hydrogen-bond donors (Lipinski definition) is 0. The van der Waals surface area contributed by atoms with Gasteiger partial charge < -0.3 is 4.74 Å². The summed E-state index contributed by atoms with van der Waals surface area (Å²) in [5, 5.41) is 2.63. The summed E-state index contributed by atoms with van der Waals surface area (Å²) in [6, 6.07) is 24.1. The molecule has 3 nitrogen and oxygen atoms in total. The van der Waals surface area contributed by atoms with Crippen LogP contribution in [0, 0.1) is 11.7 Å². The van der Waals surface area contributed by atoms with E-state index in [-0.39, 0.29) is 16.8 Å². The molecule has 2 aliphatic carbocycles. The lowest BCUT2D eigenvalue weighted by Crippen LogP contribution is -2.56. The smallest absolute Gasteiger partial charge is 0.221 e. The number of nitrogens with zero attached hydrogens (tertiary/aromatic N) is 2. The minimum atomic E-state index is -0.434. The van der Waals surface area contributed by atoms with Gasteiger partial charge in [0.1, 0.15) is 18.6 Å². The van der Waals surface area contributed by atoms with Crippen molar-refractivity contribution in [2.24, 2.45) is 13.0 Å². The van der Waals surface area contributed by atoms with Crippen LogP contribution in [0.4, 0.5) is 4.39 Å². The normalized spacial score (nSPS) is 22.5. The van der Waals surface area contributed by atoms with Crippen LogP contribution in [0.3, 0.4) is 0 Å². The SMILES string of the molecule is CCCCc1cc2c3c4[n+](ccc3c1)C1(CC)C(CCc3ccc(OC)cc3-c3cccc[n+]3C)C1(CC)c1ccc(F)c(c1-4)C2(C)C. The van der Waals surface area contributed by atoms with Gasteiger partial charge in [-0.25, -0.2) is 8.96 Å². The number of hydrogen-bond acceptors (Lipinski definition) is 1. The van der Waals surface area contributed by atoms with Crippen molar-refractivity contribution >= 4 is 10.8 Å². The first kappa shape index (κ1) is 31.2. The highest BCUT2D eigenvalue weighted by molar-refractivity contribution is 6.02. The van der Waals surface area contributed by atoms with Crippen LogP contribution in [0.1, 0.15) is 94.5 Å². The van der Waals surface area contributed by atoms with Crippen molar-refractivity contribution in [3.63, 3.8) is 0 Å². The third-order valence-electron chi connectivity index (χ3n) is 12.8. The van der Waals surface area contributed by atoms with E-state index in [1.54, 1.807) is 13.2 Å². The van der Waals surface area contributed by atoms with E-state index in [1.165, 1.54) is 62.0 Å². The molecule has 48 heavy (non-hydrogen) atoms. The van der Waals surface area contributed by atoms with Gasteiger partial charge in [0.15, 0.2) is 17.9 Å². The van der Waals surface area contributed by atoms with Crippen LogP contribution in [0.25, 0.3) is 33.3 Å². The van der Waals surface area contributed by atoms with Crippen molar-refractivity contribution in [1.82, 2.24) is 0 Å². The fourth-order valence-corrected chi connectivity index (χ4v) is 10.7. The maximum absolute atomic E-state index is 16.4. The van der Waals surface area contributed by atoms with E-state index in [2.05, 4.69) is 124 Å². The number of ether oxygens (including phenoxy) is 1. The van der Waals surface area contributed by atoms with Crippen LogP contribution in [0.5, 0.6) is 5.75 Å². The molecule has 1 aliphatic heterocycles. The molecule has 0 bridgehead atoms. The highest BCUT2D eigenvalue weighted by atomic mass is 19.1. The largest absolute Gasteiger partial charge is 0.497 e. The summed E-state index contributed by atoms with van der Waals surface area (Å²) in [6.07, 6.45) is 12.0. The molecule has 5 aromatic rings. The lowest BCUT2D eigenvalue weighted by atomic mass is 9.65. The standard InChI is InChI=1S/C44H49FN2O/c1-8-11-14-28-25-30-22-24-47-41-38(30)34(26-28)42(4,5)40-35(45)20-19-33(39(40)41)43(9-2)37(44(43,47)10-3)21-17-29-16-18-31(48-7)27-32(29)36-15-12-13-23-46(36)6/h12-13,15-16,18-20,22-27,37H,8-11,14,17,21H2,1-7H3/q+2. The Labute approximate surface area is 285 Å². The Kier molecular flexibility index (Phi) is 7.15. The van der Waals surface area contributed by atoms with Crippen molar-refractivity contribution in [3.8, 4) is 28.3 Å². The molecule has 0 radical (unpaired) electrons. The van der Waals surface area contributed by atoms with E-state index in [0.29, 0.717) is 5.92 Å². The van der Waals surface area contributed by atoms with E-state index in [0.717, 1.165) is 49.8 Å². The number of rotatable bonds is 10. The molecular weight excluding hydrogens is 591 g/mol. The topological polar surface area (TPSA) is 17.0 Å². The summed E-state index contributed by atoms with van der Waals surface area (Å²) < 4.78 is 26.9. The molecule has 1 fully saturated rings. The number of aryl methyl sites for hydroxylation is 3. The van der Waals surface area contributed by atoms with Gasteiger partial charge >= 0.3 is 0 Å². The van der Waals surface area contributed by atoms with E-state index in [9.17, 15) is 0 Å². The predicted molar refractivity (Wildman–Crippen MR) is 192 cm³/mol. The van der Waals surface area contributed by atoms with Crippen LogP contribution in [0.2, 0.25) is 0 Å². The van der Waals surface area contributed by atoms with Crippen molar-refractivity contribution in [2.75, 3.05) is 7.11 Å². The molecule has 0 amide bonds. The zero-order chi connectivity index (χ0) is 33.6. The molecule has 3 atom stereocenters. The van der Waals surface area contributed by atoms with Crippen molar-refractivity contribution in [1.29, 1.82) is 0 Å². The Morgan fingerprint density at radius 3 is 2.44 bits per heavy atom. The lowest BCUT2D eigenvalue weighted by Gasteiger charge is -2.39. The average molecular weight is 641 g/mol. The molecular formula is C44H49FN2O+2. The summed E-state index contributed by atoms with van der Waals surface area (Å²) in [5.74, 6) is 1.23. The van der Waals surface area contributed by atoms with Gasteiger partial charge in [0.2, 0.25) is 11.4 Å². The Bertz CT molecular complexity index is 2110. The number of halogens is 1. The first-order valence-corrected chi connectivity index (χ1v) is 18.2. The molecule has 0 N–H and O–H groups in total. The Morgan fingerprint density at radius 1 is 0.875 bits per heavy atom. The zero-order valence-electron chi connectivity index (χ0n) is 29.7. The first-order chi connectivity index (χ1) is 23.2. The molecule has 2 aromatic heterocycles. The van der Waals surface area contributed by atoms with E-state index in [1.807, 2.05) is 0 Å². The summed E-state index contributed by atoms with van der Waals surface area (Å²) in [5.41, 5.74) is 10.6. The Balaban J connectivity index is 1.32. The highest BCUT2D eigenvalue weighted by Gasteiger charge is 2.84. The van der Waals surface area contributed by atoms with Gasteiger partial charge in [0.25, 0.3) is 0 Å². The minimum Gasteiger partial charge on any atom is -0.497 e. The second kappa shape index (κ2) is 11.0. The third kappa shape index (κ3) is 3.92. The molecule has 3 heterocycles. The summed E-state index contributed by atoms with van der Waals surface area (Å²) in [7, 11) is 3.86. The number of pyridine rings is 2. The van der Waals surface area contributed by atoms with Gasteiger partial charge in [-0.1, -0.05) is 65.3 Å². The second-order valence-corrected chi connectivity index (χ2v) is 15.1. The number of benzene rings is 3. The molecule has 1 saturated carbocycles. The Morgan fingerprint density at radius 2 is 1.71 bits per heavy atom. The van der Waals surface area contributed by atoms with Crippen LogP contribution in [-0.4, -0.2) is 7.11 Å². The minimum absolute atomic E-state index is 0.0520. The molecule has 246 valence electrons. The number of unbranched alkanes of at least 4 members (excludes halogenated alkanes) is 1. The molecule has 0 saturated heterocycles. The van der Waals surface area contributed by atoms with Crippen LogP contribution < -0.4 is 13.9 Å². The van der Waals surface area contributed by atoms with Crippen molar-refractivity contribution in [2.45, 2.75) is 95.9 Å². The fourth-order valence-electron chi connectivity index (χ4n) is 10.7. The zero-order valence-corrected chi connectivity index (χ0v) is 29.7. The summed E-state index contributed by atoms with van der Waals surface area (Å²) in [6.45, 7) is 11.5. The molecule has 4 heteroatoms. The number of fused-ring (bicyclic) bond motifs is 3. The van der Waals surface area contributed by atoms with Crippen molar-refractivity contribution in [3.05, 3.63) is 113 Å². The van der Waals surface area contributed by atoms with Gasteiger partial charge in [0, 0.05) is 41.5 Å². The lowest BCUT2D eigenvalue weighted by molar-refractivity contribution is -0.737. The monoisotopic (exact) mass is 640 g/mol. The van der Waals surface area contributed by atoms with Gasteiger partial charge in [-0.3, -0.25) is 0 Å². The predicted octanol–water partition coefficient (Wildman–Crippen LogP) is 9.44. The maximum Gasteiger partial charge on any atom is 0.221 e. The second-order valence-electron chi connectivity index (χ2n) is 15.1. The molecule has 3 unspecified atom stereocenters. The molecule has 3 aromatic carbocycles. The van der Waals surface area contributed by atoms with Gasteiger partial charge in [-0.15, -0.1) is 0 Å².